The summed E-state index contributed by atoms with van der Waals surface area (Å²) in [6.07, 6.45) is 3.22. The van der Waals surface area contributed by atoms with Crippen LogP contribution >= 0.6 is 11.3 Å². The number of carbonyl (C=O) groups is 3. The zero-order valence-corrected chi connectivity index (χ0v) is 25.3. The van der Waals surface area contributed by atoms with E-state index in [0.29, 0.717) is 43.8 Å². The first-order valence-electron chi connectivity index (χ1n) is 14.2. The van der Waals surface area contributed by atoms with Crippen LogP contribution in [0.2, 0.25) is 0 Å². The number of urea groups is 1. The van der Waals surface area contributed by atoms with Gasteiger partial charge in [-0.2, -0.15) is 5.26 Å². The second kappa shape index (κ2) is 12.5. The molecule has 11 heteroatoms. The Morgan fingerprint density at radius 2 is 1.85 bits per heavy atom. The van der Waals surface area contributed by atoms with Crippen LogP contribution in [0.25, 0.3) is 11.3 Å². The van der Waals surface area contributed by atoms with Gasteiger partial charge in [0.25, 0.3) is 5.91 Å². The van der Waals surface area contributed by atoms with Crippen molar-refractivity contribution in [3.8, 4) is 17.3 Å². The minimum atomic E-state index is -0.844. The number of imide groups is 1. The van der Waals surface area contributed by atoms with Crippen LogP contribution in [-0.4, -0.2) is 69.6 Å². The minimum absolute atomic E-state index is 0.214. The van der Waals surface area contributed by atoms with E-state index in [0.717, 1.165) is 29.2 Å². The van der Waals surface area contributed by atoms with Gasteiger partial charge in [0.2, 0.25) is 0 Å². The lowest BCUT2D eigenvalue weighted by Gasteiger charge is -2.33. The Morgan fingerprint density at radius 3 is 2.41 bits per heavy atom. The maximum atomic E-state index is 13.3. The zero-order chi connectivity index (χ0) is 29.8. The molecule has 0 spiro atoms. The standard InChI is InChI=1S/C30H40N6O4S/c1-20(2)10-17-36(27(38)34-30(19-31)13-14-30)25(37)22-8-6-21(7-9-22)24-18-41-26(33-24)32-23-11-15-35(16-12-23)28(39)40-29(3,4)5/h6-9,18,20,23H,10-17H2,1-5H3,(H,32,33)(H,34,38). The summed E-state index contributed by atoms with van der Waals surface area (Å²) in [6.45, 7) is 11.2. The predicted molar refractivity (Wildman–Crippen MR) is 159 cm³/mol. The predicted octanol–water partition coefficient (Wildman–Crippen LogP) is 5.88. The van der Waals surface area contributed by atoms with Gasteiger partial charge in [0.1, 0.15) is 11.1 Å². The third kappa shape index (κ3) is 8.19. The number of nitrogens with one attached hydrogen (secondary N) is 2. The summed E-state index contributed by atoms with van der Waals surface area (Å²) in [5, 5.41) is 18.4. The molecule has 41 heavy (non-hydrogen) atoms. The van der Waals surface area contributed by atoms with Gasteiger partial charge < -0.3 is 20.3 Å². The van der Waals surface area contributed by atoms with Gasteiger partial charge in [0.15, 0.2) is 5.13 Å². The Labute approximate surface area is 246 Å². The van der Waals surface area contributed by atoms with E-state index >= 15 is 0 Å². The molecule has 1 aliphatic heterocycles. The van der Waals surface area contributed by atoms with Crippen LogP contribution in [-0.2, 0) is 4.74 Å². The molecule has 4 amide bonds. The first kappa shape index (κ1) is 30.3. The summed E-state index contributed by atoms with van der Waals surface area (Å²) in [6, 6.07) is 8.93. The number of hydrogen-bond donors (Lipinski definition) is 2. The zero-order valence-electron chi connectivity index (χ0n) is 24.5. The first-order valence-corrected chi connectivity index (χ1v) is 15.1. The molecule has 10 nitrogen and oxygen atoms in total. The molecule has 2 heterocycles. The normalized spacial score (nSPS) is 16.6. The smallest absolute Gasteiger partial charge is 0.410 e. The van der Waals surface area contributed by atoms with E-state index in [1.807, 2.05) is 52.1 Å². The lowest BCUT2D eigenvalue weighted by atomic mass is 10.1. The monoisotopic (exact) mass is 580 g/mol. The van der Waals surface area contributed by atoms with Crippen LogP contribution < -0.4 is 10.6 Å². The van der Waals surface area contributed by atoms with Crippen LogP contribution in [0.1, 0.15) is 77.1 Å². The molecule has 1 aromatic heterocycles. The highest BCUT2D eigenvalue weighted by molar-refractivity contribution is 7.14. The first-order chi connectivity index (χ1) is 19.4. The third-order valence-corrected chi connectivity index (χ3v) is 7.91. The molecule has 1 aromatic carbocycles. The third-order valence-electron chi connectivity index (χ3n) is 7.14. The molecule has 1 saturated heterocycles. The molecule has 0 radical (unpaired) electrons. The number of thiazole rings is 1. The van der Waals surface area contributed by atoms with Crippen molar-refractivity contribution in [1.82, 2.24) is 20.1 Å². The Hall–Kier alpha value is -3.65. The number of carbonyl (C=O) groups excluding carboxylic acids is 3. The molecule has 2 fully saturated rings. The van der Waals surface area contributed by atoms with Crippen molar-refractivity contribution in [1.29, 1.82) is 5.26 Å². The number of ether oxygens (including phenoxy) is 1. The summed E-state index contributed by atoms with van der Waals surface area (Å²) in [7, 11) is 0. The van der Waals surface area contributed by atoms with E-state index in [1.54, 1.807) is 17.0 Å². The van der Waals surface area contributed by atoms with Crippen molar-refractivity contribution in [3.63, 3.8) is 0 Å². The molecule has 4 rings (SSSR count). The second-order valence-electron chi connectivity index (χ2n) is 12.3. The molecule has 0 atom stereocenters. The van der Waals surface area contributed by atoms with Crippen LogP contribution in [0.4, 0.5) is 14.7 Å². The van der Waals surface area contributed by atoms with Gasteiger partial charge in [-0.3, -0.25) is 9.69 Å². The number of rotatable bonds is 8. The lowest BCUT2D eigenvalue weighted by molar-refractivity contribution is 0.0210. The number of likely N-dealkylation sites (tertiary alicyclic amines) is 1. The number of piperidine rings is 1. The van der Waals surface area contributed by atoms with E-state index in [-0.39, 0.29) is 24.6 Å². The van der Waals surface area contributed by atoms with Crippen LogP contribution in [0.5, 0.6) is 0 Å². The van der Waals surface area contributed by atoms with E-state index in [2.05, 4.69) is 16.7 Å². The van der Waals surface area contributed by atoms with E-state index in [4.69, 9.17) is 9.72 Å². The maximum absolute atomic E-state index is 13.3. The van der Waals surface area contributed by atoms with Crippen LogP contribution in [0.15, 0.2) is 29.6 Å². The van der Waals surface area contributed by atoms with Crippen molar-refractivity contribution in [2.24, 2.45) is 5.92 Å². The van der Waals surface area contributed by atoms with Gasteiger partial charge >= 0.3 is 12.1 Å². The van der Waals surface area contributed by atoms with Gasteiger partial charge in [-0.05, 0) is 70.9 Å². The summed E-state index contributed by atoms with van der Waals surface area (Å²) < 4.78 is 5.48. The molecular formula is C30H40N6O4S. The summed E-state index contributed by atoms with van der Waals surface area (Å²) in [5.41, 5.74) is 0.712. The van der Waals surface area contributed by atoms with Crippen molar-refractivity contribution >= 4 is 34.5 Å². The van der Waals surface area contributed by atoms with Gasteiger partial charge in [0.05, 0.1) is 11.8 Å². The van der Waals surface area contributed by atoms with Crippen molar-refractivity contribution in [2.75, 3.05) is 25.0 Å². The Kier molecular flexibility index (Phi) is 9.22. The minimum Gasteiger partial charge on any atom is -0.444 e. The molecule has 1 saturated carbocycles. The number of amides is 4. The summed E-state index contributed by atoms with van der Waals surface area (Å²) in [4.78, 5) is 46.3. The number of nitriles is 1. The average Bonchev–Trinajstić information content (AvgIpc) is 3.54. The number of nitrogens with zero attached hydrogens (tertiary/aromatic N) is 4. The Morgan fingerprint density at radius 1 is 1.20 bits per heavy atom. The summed E-state index contributed by atoms with van der Waals surface area (Å²) >= 11 is 1.51. The van der Waals surface area contributed by atoms with Crippen LogP contribution in [0.3, 0.4) is 0 Å². The largest absolute Gasteiger partial charge is 0.444 e. The number of hydrogen-bond acceptors (Lipinski definition) is 8. The number of benzene rings is 1. The number of aromatic nitrogens is 1. The highest BCUT2D eigenvalue weighted by atomic mass is 32.1. The second-order valence-corrected chi connectivity index (χ2v) is 13.1. The molecule has 0 unspecified atom stereocenters. The summed E-state index contributed by atoms with van der Waals surface area (Å²) in [5.74, 6) is -0.0712. The van der Waals surface area contributed by atoms with Crippen molar-refractivity contribution in [3.05, 3.63) is 35.2 Å². The Balaban J connectivity index is 1.35. The van der Waals surface area contributed by atoms with E-state index in [9.17, 15) is 19.6 Å². The lowest BCUT2D eigenvalue weighted by Crippen LogP contribution is -2.48. The topological polar surface area (TPSA) is 128 Å². The highest BCUT2D eigenvalue weighted by Gasteiger charge is 2.46. The van der Waals surface area contributed by atoms with Gasteiger partial charge in [-0.25, -0.2) is 14.6 Å². The fourth-order valence-corrected chi connectivity index (χ4v) is 5.26. The fraction of sp³-hybridized carbons (Fsp3) is 0.567. The van der Waals surface area contributed by atoms with Crippen LogP contribution in [0, 0.1) is 17.2 Å². The molecular weight excluding hydrogens is 540 g/mol. The van der Waals surface area contributed by atoms with Crippen molar-refractivity contribution in [2.45, 2.75) is 83.9 Å². The molecule has 2 N–H and O–H groups in total. The molecule has 2 aromatic rings. The molecule has 0 bridgehead atoms. The van der Waals surface area contributed by atoms with E-state index in [1.165, 1.54) is 16.2 Å². The van der Waals surface area contributed by atoms with Gasteiger partial charge in [0, 0.05) is 42.2 Å². The maximum Gasteiger partial charge on any atom is 0.410 e. The van der Waals surface area contributed by atoms with E-state index < -0.39 is 17.2 Å². The average molecular weight is 581 g/mol. The SMILES string of the molecule is CC(C)CCN(C(=O)NC1(C#N)CC1)C(=O)c1ccc(-c2csc(NC3CCN(C(=O)OC(C)(C)C)CC3)n2)cc1. The highest BCUT2D eigenvalue weighted by Crippen LogP contribution is 2.34. The number of anilines is 1. The fourth-order valence-electron chi connectivity index (χ4n) is 4.46. The van der Waals surface area contributed by atoms with Gasteiger partial charge in [-0.1, -0.05) is 26.0 Å². The Bertz CT molecular complexity index is 1280. The molecule has 1 aliphatic carbocycles. The van der Waals surface area contributed by atoms with Crippen molar-refractivity contribution < 1.29 is 19.1 Å². The van der Waals surface area contributed by atoms with Gasteiger partial charge in [-0.15, -0.1) is 11.3 Å². The quantitative estimate of drug-likeness (QED) is 0.399. The molecule has 220 valence electrons. The molecule has 2 aliphatic rings.